The number of carbonyl (C=O) groups excluding carboxylic acids is 4. The molecule has 1 aliphatic rings. The van der Waals surface area contributed by atoms with E-state index in [0.717, 1.165) is 10.5 Å². The summed E-state index contributed by atoms with van der Waals surface area (Å²) in [4.78, 5) is 64.6. The van der Waals surface area contributed by atoms with Gasteiger partial charge in [0.05, 0.1) is 15.9 Å². The zero-order valence-electron chi connectivity index (χ0n) is 26.9. The Morgan fingerprint density at radius 1 is 0.843 bits per heavy atom. The van der Waals surface area contributed by atoms with E-state index in [1.54, 1.807) is 84.9 Å². The van der Waals surface area contributed by atoms with E-state index in [4.69, 9.17) is 4.74 Å². The maximum Gasteiger partial charge on any atom is 0.272 e. The number of nitro benzene ring substituents is 1. The highest BCUT2D eigenvalue weighted by atomic mass is 32.2. The Morgan fingerprint density at radius 3 is 2.14 bits per heavy atom. The highest BCUT2D eigenvalue weighted by Gasteiger charge is 2.40. The fourth-order valence-electron chi connectivity index (χ4n) is 5.18. The van der Waals surface area contributed by atoms with Gasteiger partial charge in [0.25, 0.3) is 17.5 Å². The van der Waals surface area contributed by atoms with Gasteiger partial charge in [-0.2, -0.15) is 0 Å². The number of anilines is 2. The number of thioether (sulfide) groups is 1. The lowest BCUT2D eigenvalue weighted by Crippen LogP contribution is -2.31. The summed E-state index contributed by atoms with van der Waals surface area (Å²) in [5, 5.41) is 15.8. The molecule has 1 aliphatic heterocycles. The van der Waals surface area contributed by atoms with Gasteiger partial charge in [0.15, 0.2) is 0 Å². The molecule has 1 atom stereocenters. The van der Waals surface area contributed by atoms with E-state index >= 15 is 0 Å². The van der Waals surface area contributed by atoms with Crippen molar-refractivity contribution in [3.63, 3.8) is 0 Å². The summed E-state index contributed by atoms with van der Waals surface area (Å²) in [5.74, 6) is -1.18. The molecule has 0 saturated carbocycles. The molecule has 12 heteroatoms. The molecule has 0 radical (unpaired) electrons. The molecular weight excluding hydrogens is 669 g/mol. The monoisotopic (exact) mass is 698 g/mol. The molecule has 1 saturated heterocycles. The van der Waals surface area contributed by atoms with Gasteiger partial charge in [-0.05, 0) is 77.9 Å². The number of nitrogens with zero attached hydrogens (tertiary/aromatic N) is 2. The Bertz CT molecular complexity index is 2090. The average molecular weight is 699 g/mol. The second-order valence-corrected chi connectivity index (χ2v) is 12.6. The molecule has 0 aliphatic carbocycles. The van der Waals surface area contributed by atoms with Crippen molar-refractivity contribution in [2.75, 3.05) is 10.2 Å². The number of imide groups is 1. The van der Waals surface area contributed by atoms with Crippen molar-refractivity contribution in [3.05, 3.63) is 166 Å². The van der Waals surface area contributed by atoms with Gasteiger partial charge in [-0.3, -0.25) is 29.3 Å². The number of rotatable bonds is 12. The van der Waals surface area contributed by atoms with Crippen LogP contribution in [0, 0.1) is 10.1 Å². The summed E-state index contributed by atoms with van der Waals surface area (Å²) in [6, 6.07) is 37.4. The summed E-state index contributed by atoms with van der Waals surface area (Å²) in [7, 11) is 0. The lowest BCUT2D eigenvalue weighted by molar-refractivity contribution is -0.384. The molecule has 5 aromatic rings. The number of non-ortho nitro benzene ring substituents is 1. The third-order valence-corrected chi connectivity index (χ3v) is 8.98. The Kier molecular flexibility index (Phi) is 10.6. The van der Waals surface area contributed by atoms with E-state index in [2.05, 4.69) is 10.6 Å². The molecule has 4 amide bonds. The van der Waals surface area contributed by atoms with Crippen molar-refractivity contribution < 1.29 is 28.8 Å². The van der Waals surface area contributed by atoms with Crippen LogP contribution in [0.2, 0.25) is 0 Å². The molecule has 0 spiro atoms. The quantitative estimate of drug-likeness (QED) is 0.0612. The molecule has 1 unspecified atom stereocenters. The number of ether oxygens (including phenoxy) is 1. The Labute approximate surface area is 297 Å². The topological polar surface area (TPSA) is 148 Å². The van der Waals surface area contributed by atoms with Crippen molar-refractivity contribution in [2.45, 2.75) is 23.2 Å². The molecule has 1 fully saturated rings. The molecule has 5 aromatic carbocycles. The predicted molar refractivity (Wildman–Crippen MR) is 194 cm³/mol. The first-order valence-electron chi connectivity index (χ1n) is 15.8. The summed E-state index contributed by atoms with van der Waals surface area (Å²) >= 11 is 1.20. The first-order valence-corrected chi connectivity index (χ1v) is 16.7. The van der Waals surface area contributed by atoms with Gasteiger partial charge >= 0.3 is 0 Å². The minimum atomic E-state index is -0.689. The first kappa shape index (κ1) is 34.3. The van der Waals surface area contributed by atoms with E-state index in [9.17, 15) is 29.3 Å². The lowest BCUT2D eigenvalue weighted by atomic mass is 10.1. The zero-order valence-corrected chi connectivity index (χ0v) is 27.7. The molecule has 2 N–H and O–H groups in total. The molecule has 11 nitrogen and oxygen atoms in total. The molecule has 1 heterocycles. The SMILES string of the molecule is O=C(Nc1ccc(SC2CC(=O)N(c3ccc([N+](=O)[O-])cc3)C2=O)cc1)/C(=C/c1ccc(OCc2ccccc2)cc1)NC(=O)c1ccccc1. The van der Waals surface area contributed by atoms with E-state index < -0.39 is 33.8 Å². The van der Waals surface area contributed by atoms with Crippen LogP contribution in [-0.4, -0.2) is 33.8 Å². The van der Waals surface area contributed by atoms with Gasteiger partial charge in [0.2, 0.25) is 11.8 Å². The number of benzene rings is 5. The molecular formula is C39H30N4O7S. The standard InChI is InChI=1S/C39H30N4O7S/c44-36-24-35(39(47)42(36)30-15-17-31(18-16-30)43(48)49)51-33-21-13-29(14-22-33)40-38(46)34(41-37(45)28-9-5-2-6-10-28)23-26-11-19-32(20-12-26)50-25-27-7-3-1-4-8-27/h1-23,35H,24-25H2,(H,40,46)(H,41,45)/b34-23-. The molecule has 51 heavy (non-hydrogen) atoms. The maximum atomic E-state index is 13.5. The van der Waals surface area contributed by atoms with Gasteiger partial charge in [-0.1, -0.05) is 60.7 Å². The van der Waals surface area contributed by atoms with Crippen LogP contribution in [0.15, 0.2) is 144 Å². The van der Waals surface area contributed by atoms with Gasteiger partial charge < -0.3 is 15.4 Å². The van der Waals surface area contributed by atoms with Crippen LogP contribution in [0.3, 0.4) is 0 Å². The molecule has 0 aromatic heterocycles. The lowest BCUT2D eigenvalue weighted by Gasteiger charge is -2.15. The van der Waals surface area contributed by atoms with Crippen LogP contribution in [0.4, 0.5) is 17.1 Å². The third-order valence-electron chi connectivity index (χ3n) is 7.78. The first-order chi connectivity index (χ1) is 24.7. The Hall–Kier alpha value is -6.53. The van der Waals surface area contributed by atoms with Crippen LogP contribution >= 0.6 is 11.8 Å². The van der Waals surface area contributed by atoms with E-state index in [-0.39, 0.29) is 23.5 Å². The maximum absolute atomic E-state index is 13.5. The molecule has 254 valence electrons. The van der Waals surface area contributed by atoms with Gasteiger partial charge in [-0.15, -0.1) is 11.8 Å². The Morgan fingerprint density at radius 2 is 1.49 bits per heavy atom. The van der Waals surface area contributed by atoms with Crippen molar-refractivity contribution >= 4 is 58.5 Å². The minimum Gasteiger partial charge on any atom is -0.489 e. The van der Waals surface area contributed by atoms with Crippen LogP contribution in [-0.2, 0) is 21.0 Å². The minimum absolute atomic E-state index is 0.0154. The fourth-order valence-corrected chi connectivity index (χ4v) is 6.23. The molecule has 0 bridgehead atoms. The number of nitro groups is 1. The summed E-state index contributed by atoms with van der Waals surface area (Å²) in [5.41, 5.74) is 2.66. The van der Waals surface area contributed by atoms with Crippen LogP contribution in [0.5, 0.6) is 5.75 Å². The van der Waals surface area contributed by atoms with Crippen molar-refractivity contribution in [2.24, 2.45) is 0 Å². The second kappa shape index (κ2) is 15.8. The van der Waals surface area contributed by atoms with Crippen LogP contribution < -0.4 is 20.3 Å². The summed E-state index contributed by atoms with van der Waals surface area (Å²) in [6.07, 6.45) is 1.54. The van der Waals surface area contributed by atoms with Crippen molar-refractivity contribution in [1.29, 1.82) is 0 Å². The predicted octanol–water partition coefficient (Wildman–Crippen LogP) is 7.01. The number of nitrogens with one attached hydrogen (secondary N) is 2. The third kappa shape index (κ3) is 8.74. The highest BCUT2D eigenvalue weighted by Crippen LogP contribution is 2.35. The second-order valence-electron chi connectivity index (χ2n) is 11.4. The van der Waals surface area contributed by atoms with Gasteiger partial charge in [0.1, 0.15) is 18.1 Å². The van der Waals surface area contributed by atoms with Crippen molar-refractivity contribution in [3.8, 4) is 5.75 Å². The van der Waals surface area contributed by atoms with Gasteiger partial charge in [0, 0.05) is 34.7 Å². The largest absolute Gasteiger partial charge is 0.489 e. The highest BCUT2D eigenvalue weighted by molar-refractivity contribution is 8.00. The average Bonchev–Trinajstić information content (AvgIpc) is 3.43. The smallest absolute Gasteiger partial charge is 0.272 e. The van der Waals surface area contributed by atoms with Crippen LogP contribution in [0.1, 0.15) is 27.9 Å². The number of amides is 4. The number of carbonyl (C=O) groups is 4. The van der Waals surface area contributed by atoms with Crippen LogP contribution in [0.25, 0.3) is 6.08 Å². The normalized spacial score (nSPS) is 14.2. The zero-order chi connectivity index (χ0) is 35.7. The van der Waals surface area contributed by atoms with E-state index in [1.165, 1.54) is 36.0 Å². The van der Waals surface area contributed by atoms with E-state index in [0.29, 0.717) is 34.1 Å². The number of hydrogen-bond donors (Lipinski definition) is 2. The molecule has 6 rings (SSSR count). The van der Waals surface area contributed by atoms with E-state index in [1.807, 2.05) is 30.3 Å². The number of hydrogen-bond acceptors (Lipinski definition) is 8. The van der Waals surface area contributed by atoms with Gasteiger partial charge in [-0.25, -0.2) is 4.90 Å². The fraction of sp³-hybridized carbons (Fsp3) is 0.0769. The van der Waals surface area contributed by atoms with Crippen molar-refractivity contribution in [1.82, 2.24) is 5.32 Å². The Balaban J connectivity index is 1.12. The summed E-state index contributed by atoms with van der Waals surface area (Å²) in [6.45, 7) is 0.407. The summed E-state index contributed by atoms with van der Waals surface area (Å²) < 4.78 is 5.87.